The largest absolute Gasteiger partial charge is 0.457 e. The van der Waals surface area contributed by atoms with Gasteiger partial charge >= 0.3 is 6.03 Å². The summed E-state index contributed by atoms with van der Waals surface area (Å²) in [5.41, 5.74) is 1.74. The fourth-order valence-electron chi connectivity index (χ4n) is 2.40. The Morgan fingerprint density at radius 2 is 1.76 bits per heavy atom. The molecule has 1 aliphatic heterocycles. The molecule has 1 aliphatic rings. The van der Waals surface area contributed by atoms with Crippen LogP contribution in [0, 0.1) is 0 Å². The van der Waals surface area contributed by atoms with E-state index in [1.54, 1.807) is 36.4 Å². The summed E-state index contributed by atoms with van der Waals surface area (Å²) in [5, 5.41) is 4.60. The lowest BCUT2D eigenvalue weighted by Crippen LogP contribution is -2.22. The third-order valence-corrected chi connectivity index (χ3v) is 3.64. The summed E-state index contributed by atoms with van der Waals surface area (Å²) < 4.78 is 5.80. The van der Waals surface area contributed by atoms with E-state index in [1.165, 1.54) is 6.92 Å². The Morgan fingerprint density at radius 1 is 1.04 bits per heavy atom. The molecule has 0 aliphatic carbocycles. The highest BCUT2D eigenvalue weighted by molar-refractivity contribution is 6.11. The van der Waals surface area contributed by atoms with Crippen LogP contribution in [0.15, 0.2) is 60.3 Å². The molecule has 2 aromatic carbocycles. The predicted octanol–water partition coefficient (Wildman–Crippen LogP) is 2.95. The Hall–Kier alpha value is -3.41. The summed E-state index contributed by atoms with van der Waals surface area (Å²) >= 11 is 0. The van der Waals surface area contributed by atoms with Gasteiger partial charge in [-0.15, -0.1) is 0 Å². The number of allylic oxidation sites excluding steroid dienone is 1. The topological polar surface area (TPSA) is 84.5 Å². The molecule has 1 saturated heterocycles. The Morgan fingerprint density at radius 3 is 2.44 bits per heavy atom. The van der Waals surface area contributed by atoms with Crippen molar-refractivity contribution < 1.29 is 19.1 Å². The number of nitrogens with one attached hydrogen (secondary N) is 2. The van der Waals surface area contributed by atoms with Gasteiger partial charge in [-0.2, -0.15) is 0 Å². The van der Waals surface area contributed by atoms with Crippen LogP contribution in [-0.4, -0.2) is 17.7 Å². The van der Waals surface area contributed by atoms with Crippen molar-refractivity contribution in [3.8, 4) is 11.5 Å². The maximum atomic E-state index is 11.5. The summed E-state index contributed by atoms with van der Waals surface area (Å²) in [7, 11) is 0. The van der Waals surface area contributed by atoms with Crippen LogP contribution in [0.25, 0.3) is 0 Å². The van der Waals surface area contributed by atoms with Crippen LogP contribution >= 0.6 is 0 Å². The van der Waals surface area contributed by atoms with Crippen molar-refractivity contribution in [2.75, 3.05) is 0 Å². The molecule has 126 valence electrons. The summed E-state index contributed by atoms with van der Waals surface area (Å²) in [4.78, 5) is 34.0. The van der Waals surface area contributed by atoms with E-state index in [4.69, 9.17) is 4.74 Å². The fraction of sp³-hybridized carbons (Fsp3) is 0.105. The lowest BCUT2D eigenvalue weighted by molar-refractivity contribution is -0.115. The minimum atomic E-state index is -0.515. The van der Waals surface area contributed by atoms with E-state index in [-0.39, 0.29) is 11.5 Å². The van der Waals surface area contributed by atoms with Gasteiger partial charge in [0.15, 0.2) is 5.78 Å². The lowest BCUT2D eigenvalue weighted by atomic mass is 10.1. The van der Waals surface area contributed by atoms with E-state index in [2.05, 4.69) is 10.6 Å². The number of Topliss-reactive ketones (excluding diaryl/α,β-unsaturated/α-hetero) is 1. The van der Waals surface area contributed by atoms with Crippen LogP contribution in [0.3, 0.4) is 0 Å². The van der Waals surface area contributed by atoms with Crippen molar-refractivity contribution in [3.05, 3.63) is 71.4 Å². The lowest BCUT2D eigenvalue weighted by Gasteiger charge is -2.08. The molecule has 0 atom stereocenters. The van der Waals surface area contributed by atoms with Gasteiger partial charge in [0, 0.05) is 5.56 Å². The van der Waals surface area contributed by atoms with Crippen molar-refractivity contribution >= 4 is 17.7 Å². The average molecular weight is 336 g/mol. The molecule has 6 heteroatoms. The highest BCUT2D eigenvalue weighted by Gasteiger charge is 2.22. The molecule has 25 heavy (non-hydrogen) atoms. The van der Waals surface area contributed by atoms with Crippen molar-refractivity contribution in [1.29, 1.82) is 0 Å². The number of imide groups is 1. The SMILES string of the molecule is CC(=O)c1cccc(Oc2cccc(C/C=C3/NC(=O)NC3=O)c2)c1. The van der Waals surface area contributed by atoms with Crippen molar-refractivity contribution in [2.45, 2.75) is 13.3 Å². The molecule has 3 amide bonds. The number of amides is 3. The molecule has 0 bridgehead atoms. The van der Waals surface area contributed by atoms with Gasteiger partial charge < -0.3 is 10.1 Å². The second kappa shape index (κ2) is 7.00. The van der Waals surface area contributed by atoms with Gasteiger partial charge in [0.05, 0.1) is 0 Å². The average Bonchev–Trinajstić information content (AvgIpc) is 2.91. The van der Waals surface area contributed by atoms with Crippen LogP contribution < -0.4 is 15.4 Å². The number of rotatable bonds is 5. The van der Waals surface area contributed by atoms with Gasteiger partial charge in [-0.3, -0.25) is 14.9 Å². The molecule has 3 rings (SSSR count). The molecular weight excluding hydrogens is 320 g/mol. The Labute approximate surface area is 144 Å². The summed E-state index contributed by atoms with van der Waals surface area (Å²) in [6.07, 6.45) is 2.11. The molecular formula is C19H16N2O4. The normalized spacial score (nSPS) is 15.0. The number of hydrogen-bond acceptors (Lipinski definition) is 4. The van der Waals surface area contributed by atoms with Gasteiger partial charge in [-0.25, -0.2) is 4.79 Å². The molecule has 1 fully saturated rings. The maximum Gasteiger partial charge on any atom is 0.326 e. The van der Waals surface area contributed by atoms with Gasteiger partial charge in [0.25, 0.3) is 5.91 Å². The van der Waals surface area contributed by atoms with Gasteiger partial charge in [0.2, 0.25) is 0 Å². The van der Waals surface area contributed by atoms with Crippen molar-refractivity contribution in [2.24, 2.45) is 0 Å². The second-order valence-corrected chi connectivity index (χ2v) is 5.56. The zero-order valence-electron chi connectivity index (χ0n) is 13.5. The van der Waals surface area contributed by atoms with E-state index < -0.39 is 11.9 Å². The minimum Gasteiger partial charge on any atom is -0.457 e. The quantitative estimate of drug-likeness (QED) is 0.499. The Kier molecular flexibility index (Phi) is 4.61. The molecule has 0 saturated carbocycles. The van der Waals surface area contributed by atoms with Crippen LogP contribution in [0.2, 0.25) is 0 Å². The first kappa shape index (κ1) is 16.4. The van der Waals surface area contributed by atoms with Crippen molar-refractivity contribution in [3.63, 3.8) is 0 Å². The first-order valence-electron chi connectivity index (χ1n) is 7.71. The van der Waals surface area contributed by atoms with Gasteiger partial charge in [0.1, 0.15) is 17.2 Å². The fourth-order valence-corrected chi connectivity index (χ4v) is 2.40. The third-order valence-electron chi connectivity index (χ3n) is 3.64. The Balaban J connectivity index is 1.72. The summed E-state index contributed by atoms with van der Waals surface area (Å²) in [6, 6.07) is 13.8. The highest BCUT2D eigenvalue weighted by atomic mass is 16.5. The number of ketones is 1. The standard InChI is InChI=1S/C19H16N2O4/c1-12(22)14-5-3-7-16(11-14)25-15-6-2-4-13(10-15)8-9-17-18(23)21-19(24)20-17/h2-7,9-11H,8H2,1H3,(H2,20,21,23,24)/b17-9+. The van der Waals surface area contributed by atoms with E-state index in [9.17, 15) is 14.4 Å². The monoisotopic (exact) mass is 336 g/mol. The number of carbonyl (C=O) groups excluding carboxylic acids is 3. The van der Waals surface area contributed by atoms with Crippen LogP contribution in [0.1, 0.15) is 22.8 Å². The van der Waals surface area contributed by atoms with E-state index >= 15 is 0 Å². The molecule has 0 spiro atoms. The summed E-state index contributed by atoms with van der Waals surface area (Å²) in [5.74, 6) is 0.739. The number of carbonyl (C=O) groups is 3. The smallest absolute Gasteiger partial charge is 0.326 e. The first-order valence-corrected chi connectivity index (χ1v) is 7.71. The third kappa shape index (κ3) is 4.11. The number of benzene rings is 2. The molecule has 1 heterocycles. The van der Waals surface area contributed by atoms with Crippen LogP contribution in [0.4, 0.5) is 4.79 Å². The number of ether oxygens (including phenoxy) is 1. The maximum absolute atomic E-state index is 11.5. The van der Waals surface area contributed by atoms with Crippen molar-refractivity contribution in [1.82, 2.24) is 10.6 Å². The number of hydrogen-bond donors (Lipinski definition) is 2. The molecule has 2 N–H and O–H groups in total. The Bertz CT molecular complexity index is 886. The van der Waals surface area contributed by atoms with E-state index in [0.29, 0.717) is 23.5 Å². The second-order valence-electron chi connectivity index (χ2n) is 5.56. The number of urea groups is 1. The van der Waals surface area contributed by atoms with E-state index in [0.717, 1.165) is 5.56 Å². The van der Waals surface area contributed by atoms with E-state index in [1.807, 2.05) is 18.2 Å². The molecule has 0 unspecified atom stereocenters. The molecule has 2 aromatic rings. The van der Waals surface area contributed by atoms with Gasteiger partial charge in [-0.05, 0) is 43.2 Å². The molecule has 0 aromatic heterocycles. The minimum absolute atomic E-state index is 0.0253. The highest BCUT2D eigenvalue weighted by Crippen LogP contribution is 2.23. The van der Waals surface area contributed by atoms with Gasteiger partial charge in [-0.1, -0.05) is 30.3 Å². The molecule has 6 nitrogen and oxygen atoms in total. The predicted molar refractivity (Wildman–Crippen MR) is 91.4 cm³/mol. The zero-order chi connectivity index (χ0) is 17.8. The van der Waals surface area contributed by atoms with Crippen LogP contribution in [-0.2, 0) is 11.2 Å². The summed E-state index contributed by atoms with van der Waals surface area (Å²) in [6.45, 7) is 1.51. The van der Waals surface area contributed by atoms with Crippen LogP contribution in [0.5, 0.6) is 11.5 Å². The first-order chi connectivity index (χ1) is 12.0. The zero-order valence-corrected chi connectivity index (χ0v) is 13.5. The molecule has 0 radical (unpaired) electrons.